The topological polar surface area (TPSA) is 46.2 Å². The molecule has 3 nitrogen and oxygen atoms in total. The van der Waals surface area contributed by atoms with Gasteiger partial charge < -0.3 is 0 Å². The first-order valence-electron chi connectivity index (χ1n) is 14.6. The molecular weight excluding hydrogens is 603 g/mol. The van der Waals surface area contributed by atoms with Crippen LogP contribution in [0.1, 0.15) is 0 Å². The summed E-state index contributed by atoms with van der Waals surface area (Å²) in [4.78, 5) is 0. The molecule has 0 aliphatic rings. The minimum absolute atomic E-state index is 0.154. The van der Waals surface area contributed by atoms with E-state index in [2.05, 4.69) is 0 Å². The van der Waals surface area contributed by atoms with Crippen LogP contribution in [0.2, 0.25) is 0 Å². The maximum atomic E-state index is 14.0. The zero-order valence-corrected chi connectivity index (χ0v) is 25.1. The lowest BCUT2D eigenvalue weighted by atomic mass is 9.77. The number of hydrogen-bond donors (Lipinski definition) is 1. The summed E-state index contributed by atoms with van der Waals surface area (Å²) in [5, 5.41) is 2.38. The average Bonchev–Trinajstić information content (AvgIpc) is 3.08. The number of sulfonamides is 1. The van der Waals surface area contributed by atoms with E-state index in [-0.39, 0.29) is 5.69 Å². The van der Waals surface area contributed by atoms with Crippen LogP contribution in [0.5, 0.6) is 0 Å². The van der Waals surface area contributed by atoms with Gasteiger partial charge in [0, 0.05) is 16.3 Å². The molecule has 46 heavy (non-hydrogen) atoms. The van der Waals surface area contributed by atoms with E-state index >= 15 is 0 Å². The lowest BCUT2D eigenvalue weighted by Crippen LogP contribution is -2.30. The fourth-order valence-corrected chi connectivity index (χ4v) is 6.79. The molecular formula is C39H26F3NO2S. The van der Waals surface area contributed by atoms with Crippen molar-refractivity contribution >= 4 is 37.3 Å². The number of alkyl halides is 3. The minimum Gasteiger partial charge on any atom is -0.275 e. The molecule has 0 fully saturated rings. The molecule has 0 aromatic heterocycles. The van der Waals surface area contributed by atoms with Gasteiger partial charge in [0.2, 0.25) is 0 Å². The Hall–Kier alpha value is -5.40. The summed E-state index contributed by atoms with van der Waals surface area (Å²) in [6, 6.07) is 47.5. The number of halogens is 3. The van der Waals surface area contributed by atoms with Gasteiger partial charge in [0.05, 0.1) is 5.69 Å². The maximum Gasteiger partial charge on any atom is 0.516 e. The number of rotatable bonds is 6. The highest BCUT2D eigenvalue weighted by atomic mass is 32.2. The van der Waals surface area contributed by atoms with Gasteiger partial charge in [-0.3, -0.25) is 4.72 Å². The molecule has 0 aliphatic heterocycles. The van der Waals surface area contributed by atoms with Gasteiger partial charge in [-0.25, -0.2) is 0 Å². The second-order valence-corrected chi connectivity index (χ2v) is 12.6. The van der Waals surface area contributed by atoms with Crippen LogP contribution in [0.25, 0.3) is 66.1 Å². The van der Waals surface area contributed by atoms with Crippen LogP contribution in [-0.4, -0.2) is 13.9 Å². The first-order valence-corrected chi connectivity index (χ1v) is 16.1. The summed E-state index contributed by atoms with van der Waals surface area (Å²) < 4.78 is 69.5. The van der Waals surface area contributed by atoms with Crippen LogP contribution >= 0.6 is 0 Å². The molecule has 0 amide bonds. The van der Waals surface area contributed by atoms with Crippen molar-refractivity contribution in [3.05, 3.63) is 152 Å². The van der Waals surface area contributed by atoms with Crippen LogP contribution < -0.4 is 4.72 Å². The Balaban J connectivity index is 1.84. The van der Waals surface area contributed by atoms with E-state index < -0.39 is 15.5 Å². The average molecular weight is 630 g/mol. The molecule has 0 atom stereocenters. The molecule has 0 saturated carbocycles. The molecule has 0 bridgehead atoms. The van der Waals surface area contributed by atoms with E-state index in [0.29, 0.717) is 21.7 Å². The maximum absolute atomic E-state index is 14.0. The fourth-order valence-electron chi connectivity index (χ4n) is 6.22. The lowest BCUT2D eigenvalue weighted by molar-refractivity contribution is -0.0429. The van der Waals surface area contributed by atoms with E-state index in [1.807, 2.05) is 138 Å². The molecule has 7 aromatic carbocycles. The number of anilines is 1. The van der Waals surface area contributed by atoms with Crippen LogP contribution in [0.3, 0.4) is 0 Å². The van der Waals surface area contributed by atoms with Crippen LogP contribution in [-0.2, 0) is 10.0 Å². The highest BCUT2D eigenvalue weighted by Crippen LogP contribution is 2.54. The van der Waals surface area contributed by atoms with Gasteiger partial charge in [0.25, 0.3) is 0 Å². The van der Waals surface area contributed by atoms with Crippen molar-refractivity contribution in [3.8, 4) is 44.5 Å². The summed E-state index contributed by atoms with van der Waals surface area (Å²) in [6.07, 6.45) is 0. The normalized spacial score (nSPS) is 12.0. The quantitative estimate of drug-likeness (QED) is 0.186. The second kappa shape index (κ2) is 11.5. The smallest absolute Gasteiger partial charge is 0.275 e. The van der Waals surface area contributed by atoms with Crippen molar-refractivity contribution in [2.75, 3.05) is 4.72 Å². The summed E-state index contributed by atoms with van der Waals surface area (Å²) >= 11 is 0. The van der Waals surface area contributed by atoms with Gasteiger partial charge in [0.15, 0.2) is 0 Å². The van der Waals surface area contributed by atoms with E-state index in [0.717, 1.165) is 44.3 Å². The minimum atomic E-state index is -5.78. The molecule has 0 radical (unpaired) electrons. The molecule has 0 spiro atoms. The lowest BCUT2D eigenvalue weighted by Gasteiger charge is -2.27. The molecule has 0 unspecified atom stereocenters. The Bertz CT molecular complexity index is 2310. The first kappa shape index (κ1) is 29.3. The Kier molecular flexibility index (Phi) is 7.34. The Morgan fingerprint density at radius 2 is 0.826 bits per heavy atom. The van der Waals surface area contributed by atoms with E-state index in [1.54, 1.807) is 12.1 Å². The third kappa shape index (κ3) is 5.08. The third-order valence-corrected chi connectivity index (χ3v) is 9.20. The van der Waals surface area contributed by atoms with Crippen molar-refractivity contribution in [3.63, 3.8) is 0 Å². The highest BCUT2D eigenvalue weighted by Gasteiger charge is 2.46. The van der Waals surface area contributed by atoms with Crippen molar-refractivity contribution in [2.24, 2.45) is 0 Å². The summed E-state index contributed by atoms with van der Waals surface area (Å²) in [5.41, 5.74) is 0.676. The molecule has 0 saturated heterocycles. The van der Waals surface area contributed by atoms with Crippen LogP contribution in [0.15, 0.2) is 152 Å². The van der Waals surface area contributed by atoms with Gasteiger partial charge in [-0.2, -0.15) is 21.6 Å². The van der Waals surface area contributed by atoms with Gasteiger partial charge in [0.1, 0.15) is 0 Å². The number of benzene rings is 7. The van der Waals surface area contributed by atoms with Crippen molar-refractivity contribution < 1.29 is 21.6 Å². The summed E-state index contributed by atoms with van der Waals surface area (Å²) in [7, 11) is -5.78. The second-order valence-electron chi connectivity index (χ2n) is 10.9. The Morgan fingerprint density at radius 3 is 1.26 bits per heavy atom. The van der Waals surface area contributed by atoms with Gasteiger partial charge >= 0.3 is 15.5 Å². The van der Waals surface area contributed by atoms with Gasteiger partial charge in [-0.15, -0.1) is 0 Å². The summed E-state index contributed by atoms with van der Waals surface area (Å²) in [5.74, 6) is 0. The highest BCUT2D eigenvalue weighted by molar-refractivity contribution is 7.93. The third-order valence-electron chi connectivity index (χ3n) is 8.10. The van der Waals surface area contributed by atoms with Gasteiger partial charge in [-0.05, 0) is 55.8 Å². The Morgan fingerprint density at radius 1 is 0.457 bits per heavy atom. The molecule has 7 heteroatoms. The largest absolute Gasteiger partial charge is 0.516 e. The van der Waals surface area contributed by atoms with Gasteiger partial charge in [-0.1, -0.05) is 146 Å². The van der Waals surface area contributed by atoms with Crippen LogP contribution in [0, 0.1) is 0 Å². The van der Waals surface area contributed by atoms with Crippen molar-refractivity contribution in [1.29, 1.82) is 0 Å². The SMILES string of the molecule is O=S(=O)(Nc1cc2ccccc2c2c(-c3ccccc3)c(-c3ccccc3)c(-c3ccccc3)c(-c3ccccc3)c12)C(F)(F)F. The van der Waals surface area contributed by atoms with E-state index in [1.165, 1.54) is 6.07 Å². The predicted molar refractivity (Wildman–Crippen MR) is 182 cm³/mol. The molecule has 1 N–H and O–H groups in total. The first-order chi connectivity index (χ1) is 22.2. The molecule has 7 aromatic rings. The molecule has 7 rings (SSSR count). The van der Waals surface area contributed by atoms with Crippen molar-refractivity contribution in [2.45, 2.75) is 5.51 Å². The van der Waals surface area contributed by atoms with Crippen molar-refractivity contribution in [1.82, 2.24) is 0 Å². The number of hydrogen-bond acceptors (Lipinski definition) is 2. The fraction of sp³-hybridized carbons (Fsp3) is 0.0256. The molecule has 0 heterocycles. The zero-order valence-electron chi connectivity index (χ0n) is 24.3. The summed E-state index contributed by atoms with van der Waals surface area (Å²) in [6.45, 7) is 0. The monoisotopic (exact) mass is 629 g/mol. The van der Waals surface area contributed by atoms with E-state index in [4.69, 9.17) is 0 Å². The number of fused-ring (bicyclic) bond motifs is 3. The standard InChI is InChI=1S/C39H26F3NO2S/c40-39(41,42)46(44,45)43-32-25-30-23-13-14-24-31(30)37-35(28-19-9-3-10-20-28)33(26-15-5-1-6-16-26)34(27-17-7-2-8-18-27)36(38(32)37)29-21-11-4-12-22-29/h1-25,43H. The molecule has 226 valence electrons. The van der Waals surface area contributed by atoms with E-state index in [9.17, 15) is 21.6 Å². The van der Waals surface area contributed by atoms with Crippen LogP contribution in [0.4, 0.5) is 18.9 Å². The Labute approximate surface area is 264 Å². The molecule has 0 aliphatic carbocycles. The zero-order chi connectivity index (χ0) is 31.9. The number of nitrogens with one attached hydrogen (secondary N) is 1. The predicted octanol–water partition coefficient (Wildman–Crippen LogP) is 10.9.